The Morgan fingerprint density at radius 1 is 1.21 bits per heavy atom. The van der Waals surface area contributed by atoms with Gasteiger partial charge in [-0.25, -0.2) is 4.98 Å². The molecule has 0 aliphatic carbocycles. The van der Waals surface area contributed by atoms with Gasteiger partial charge in [-0.2, -0.15) is 0 Å². The fourth-order valence-corrected chi connectivity index (χ4v) is 2.29. The Hall–Kier alpha value is -1.87. The van der Waals surface area contributed by atoms with Crippen LogP contribution in [0.3, 0.4) is 0 Å². The fourth-order valence-electron chi connectivity index (χ4n) is 1.92. The number of benzene rings is 1. The highest BCUT2D eigenvalue weighted by Gasteiger charge is 2.12. The molecule has 0 aliphatic heterocycles. The number of aryl methyl sites for hydroxylation is 3. The van der Waals surface area contributed by atoms with Gasteiger partial charge in [0.25, 0.3) is 5.91 Å². The molecule has 2 rings (SSSR count). The Kier molecular flexibility index (Phi) is 3.86. The number of amides is 1. The van der Waals surface area contributed by atoms with Crippen molar-refractivity contribution in [3.63, 3.8) is 0 Å². The second kappa shape index (κ2) is 5.41. The molecule has 0 spiro atoms. The number of carbonyl (C=O) groups is 1. The molecule has 0 fully saturated rings. The minimum Gasteiger partial charge on any atom is -0.319 e. The van der Waals surface area contributed by atoms with Crippen molar-refractivity contribution in [3.05, 3.63) is 57.9 Å². The van der Waals surface area contributed by atoms with Crippen LogP contribution in [-0.4, -0.2) is 10.9 Å². The first kappa shape index (κ1) is 13.6. The lowest BCUT2D eigenvalue weighted by Crippen LogP contribution is -2.15. The number of aromatic nitrogens is 1. The molecule has 0 saturated carbocycles. The summed E-state index contributed by atoms with van der Waals surface area (Å²) in [5.74, 6) is -0.252. The highest BCUT2D eigenvalue weighted by molar-refractivity contribution is 6.34. The monoisotopic (exact) mass is 274 g/mol. The van der Waals surface area contributed by atoms with Gasteiger partial charge >= 0.3 is 0 Å². The maximum atomic E-state index is 12.1. The number of pyridine rings is 1. The van der Waals surface area contributed by atoms with Crippen LogP contribution in [-0.2, 0) is 0 Å². The largest absolute Gasteiger partial charge is 0.319 e. The van der Waals surface area contributed by atoms with E-state index < -0.39 is 0 Å². The van der Waals surface area contributed by atoms with Gasteiger partial charge in [0.15, 0.2) is 0 Å². The van der Waals surface area contributed by atoms with Gasteiger partial charge in [0.1, 0.15) is 5.69 Å². The summed E-state index contributed by atoms with van der Waals surface area (Å²) < 4.78 is 0. The van der Waals surface area contributed by atoms with Crippen molar-refractivity contribution in [1.82, 2.24) is 4.98 Å². The van der Waals surface area contributed by atoms with Gasteiger partial charge < -0.3 is 5.32 Å². The van der Waals surface area contributed by atoms with Crippen LogP contribution in [0.5, 0.6) is 0 Å². The number of halogens is 1. The Bertz CT molecular complexity index is 615. The zero-order valence-corrected chi connectivity index (χ0v) is 11.9. The number of hydrogen-bond acceptors (Lipinski definition) is 2. The van der Waals surface area contributed by atoms with Gasteiger partial charge in [0.2, 0.25) is 0 Å². The van der Waals surface area contributed by atoms with E-state index in [1.165, 1.54) is 0 Å². The van der Waals surface area contributed by atoms with Crippen molar-refractivity contribution in [2.45, 2.75) is 20.8 Å². The zero-order valence-electron chi connectivity index (χ0n) is 11.1. The van der Waals surface area contributed by atoms with E-state index in [-0.39, 0.29) is 5.91 Å². The van der Waals surface area contributed by atoms with Crippen molar-refractivity contribution in [2.75, 3.05) is 5.32 Å². The number of rotatable bonds is 2. The Morgan fingerprint density at radius 2 is 1.95 bits per heavy atom. The molecule has 1 amide bonds. The highest BCUT2D eigenvalue weighted by Crippen LogP contribution is 2.27. The first-order valence-electron chi connectivity index (χ1n) is 5.99. The minimum atomic E-state index is -0.252. The van der Waals surface area contributed by atoms with Gasteiger partial charge in [-0.15, -0.1) is 0 Å². The van der Waals surface area contributed by atoms with E-state index in [9.17, 15) is 4.79 Å². The molecule has 1 N–H and O–H groups in total. The normalized spacial score (nSPS) is 10.3. The SMILES string of the molecule is Cc1cc(C)c(NC(=O)c2cccc(C)n2)c(Cl)c1. The summed E-state index contributed by atoms with van der Waals surface area (Å²) in [6.45, 7) is 5.73. The van der Waals surface area contributed by atoms with Crippen molar-refractivity contribution in [2.24, 2.45) is 0 Å². The quantitative estimate of drug-likeness (QED) is 0.902. The second-order valence-corrected chi connectivity index (χ2v) is 4.96. The molecule has 0 unspecified atom stereocenters. The second-order valence-electron chi connectivity index (χ2n) is 4.56. The maximum absolute atomic E-state index is 12.1. The third-order valence-corrected chi connectivity index (χ3v) is 3.09. The summed E-state index contributed by atoms with van der Waals surface area (Å²) in [7, 11) is 0. The number of carbonyl (C=O) groups excluding carboxylic acids is 1. The van der Waals surface area contributed by atoms with Crippen LogP contribution in [0.2, 0.25) is 5.02 Å². The maximum Gasteiger partial charge on any atom is 0.274 e. The van der Waals surface area contributed by atoms with Crippen LogP contribution in [0.15, 0.2) is 30.3 Å². The lowest BCUT2D eigenvalue weighted by Gasteiger charge is -2.11. The van der Waals surface area contributed by atoms with Crippen LogP contribution < -0.4 is 5.32 Å². The molecule has 98 valence electrons. The molecule has 0 aliphatic rings. The molecule has 3 nitrogen and oxygen atoms in total. The van der Waals surface area contributed by atoms with Crippen LogP contribution in [0.1, 0.15) is 27.3 Å². The molecular weight excluding hydrogens is 260 g/mol. The molecular formula is C15H15ClN2O. The Morgan fingerprint density at radius 3 is 2.58 bits per heavy atom. The smallest absolute Gasteiger partial charge is 0.274 e. The number of nitrogens with one attached hydrogen (secondary N) is 1. The fraction of sp³-hybridized carbons (Fsp3) is 0.200. The molecule has 2 aromatic rings. The van der Waals surface area contributed by atoms with Crippen LogP contribution in [0.4, 0.5) is 5.69 Å². The molecule has 0 radical (unpaired) electrons. The van der Waals surface area contributed by atoms with Gasteiger partial charge in [0, 0.05) is 5.69 Å². The zero-order chi connectivity index (χ0) is 14.0. The first-order valence-corrected chi connectivity index (χ1v) is 6.37. The van der Waals surface area contributed by atoms with E-state index in [0.29, 0.717) is 16.4 Å². The average molecular weight is 275 g/mol. The minimum absolute atomic E-state index is 0.252. The topological polar surface area (TPSA) is 42.0 Å². The van der Waals surface area contributed by atoms with E-state index in [0.717, 1.165) is 16.8 Å². The van der Waals surface area contributed by atoms with Gasteiger partial charge in [-0.3, -0.25) is 4.79 Å². The molecule has 19 heavy (non-hydrogen) atoms. The molecule has 0 atom stereocenters. The lowest BCUT2D eigenvalue weighted by molar-refractivity contribution is 0.102. The van der Waals surface area contributed by atoms with Crippen molar-refractivity contribution in [1.29, 1.82) is 0 Å². The molecule has 0 bridgehead atoms. The van der Waals surface area contributed by atoms with Crippen LogP contribution >= 0.6 is 11.6 Å². The molecule has 1 aromatic carbocycles. The van der Waals surface area contributed by atoms with Crippen molar-refractivity contribution < 1.29 is 4.79 Å². The number of anilines is 1. The summed E-state index contributed by atoms with van der Waals surface area (Å²) in [5, 5.41) is 3.36. The van der Waals surface area contributed by atoms with E-state index >= 15 is 0 Å². The van der Waals surface area contributed by atoms with E-state index in [1.54, 1.807) is 12.1 Å². The van der Waals surface area contributed by atoms with Gasteiger partial charge in [-0.05, 0) is 50.1 Å². The molecule has 1 heterocycles. The van der Waals surface area contributed by atoms with E-state index in [4.69, 9.17) is 11.6 Å². The van der Waals surface area contributed by atoms with E-state index in [2.05, 4.69) is 10.3 Å². The highest BCUT2D eigenvalue weighted by atomic mass is 35.5. The third kappa shape index (κ3) is 3.12. The Labute approximate surface area is 117 Å². The van der Waals surface area contributed by atoms with Crippen molar-refractivity contribution >= 4 is 23.2 Å². The molecule has 0 saturated heterocycles. The predicted octanol–water partition coefficient (Wildman–Crippen LogP) is 3.91. The average Bonchev–Trinajstić information content (AvgIpc) is 2.33. The summed E-state index contributed by atoms with van der Waals surface area (Å²) in [4.78, 5) is 16.3. The third-order valence-electron chi connectivity index (χ3n) is 2.79. The summed E-state index contributed by atoms with van der Waals surface area (Å²) in [6.07, 6.45) is 0. The van der Waals surface area contributed by atoms with E-state index in [1.807, 2.05) is 39.0 Å². The summed E-state index contributed by atoms with van der Waals surface area (Å²) >= 11 is 6.16. The summed E-state index contributed by atoms with van der Waals surface area (Å²) in [6, 6.07) is 9.14. The number of nitrogens with zero attached hydrogens (tertiary/aromatic N) is 1. The van der Waals surface area contributed by atoms with Crippen molar-refractivity contribution in [3.8, 4) is 0 Å². The predicted molar refractivity (Wildman–Crippen MR) is 77.9 cm³/mol. The molecule has 1 aromatic heterocycles. The lowest BCUT2D eigenvalue weighted by atomic mass is 10.1. The van der Waals surface area contributed by atoms with Gasteiger partial charge in [0.05, 0.1) is 10.7 Å². The molecule has 4 heteroatoms. The summed E-state index contributed by atoms with van der Waals surface area (Å²) in [5.41, 5.74) is 3.83. The standard InChI is InChI=1S/C15H15ClN2O/c1-9-7-10(2)14(12(16)8-9)18-15(19)13-6-4-5-11(3)17-13/h4-8H,1-3H3,(H,18,19). The van der Waals surface area contributed by atoms with Crippen LogP contribution in [0.25, 0.3) is 0 Å². The number of hydrogen-bond donors (Lipinski definition) is 1. The first-order chi connectivity index (χ1) is 8.97. The Balaban J connectivity index is 2.29. The van der Waals surface area contributed by atoms with Gasteiger partial charge in [-0.1, -0.05) is 23.7 Å². The van der Waals surface area contributed by atoms with Crippen LogP contribution in [0, 0.1) is 20.8 Å².